The smallest absolute Gasteiger partial charge is 0.338 e. The third kappa shape index (κ3) is 8.24. The van der Waals surface area contributed by atoms with Crippen molar-refractivity contribution in [2.24, 2.45) is 0 Å². The topological polar surface area (TPSA) is 118 Å². The van der Waals surface area contributed by atoms with Crippen LogP contribution in [0.5, 0.6) is 0 Å². The maximum atomic E-state index is 13.8. The van der Waals surface area contributed by atoms with Crippen molar-refractivity contribution < 1.29 is 43.2 Å². The average Bonchev–Trinajstić information content (AvgIpc) is 3.25. The Morgan fingerprint density at radius 1 is 0.455 bits per heavy atom. The Balaban J connectivity index is 1.31. The van der Waals surface area contributed by atoms with E-state index in [1.165, 1.54) is 0 Å². The molecule has 7 rings (SSSR count). The molecule has 1 fully saturated rings. The summed E-state index contributed by atoms with van der Waals surface area (Å²) in [6.45, 7) is -0.290. The van der Waals surface area contributed by atoms with Gasteiger partial charge in [0, 0.05) is 0 Å². The van der Waals surface area contributed by atoms with Crippen molar-refractivity contribution in [3.63, 3.8) is 0 Å². The highest BCUT2D eigenvalue weighted by atomic mass is 16.7. The third-order valence-electron chi connectivity index (χ3n) is 9.37. The van der Waals surface area contributed by atoms with Gasteiger partial charge in [-0.25, -0.2) is 14.4 Å². The Hall–Kier alpha value is -6.39. The number of benzene rings is 6. The fraction of sp³-hybridized carbons (Fsp3) is 0.152. The minimum Gasteiger partial charge on any atom is -0.452 e. The Morgan fingerprint density at radius 2 is 0.764 bits per heavy atom. The predicted molar refractivity (Wildman–Crippen MR) is 203 cm³/mol. The van der Waals surface area contributed by atoms with Crippen LogP contribution in [-0.2, 0) is 29.3 Å². The number of ether oxygens (including phenoxy) is 5. The molecule has 1 saturated heterocycles. The second-order valence-electron chi connectivity index (χ2n) is 12.9. The van der Waals surface area contributed by atoms with Crippen molar-refractivity contribution in [1.29, 1.82) is 0 Å². The van der Waals surface area contributed by atoms with Gasteiger partial charge in [0.05, 0.1) is 23.3 Å². The number of hydrogen-bond donors (Lipinski definition) is 1. The lowest BCUT2D eigenvalue weighted by Gasteiger charge is -2.44. The molecule has 0 unspecified atom stereocenters. The number of aliphatic hydroxyl groups excluding tert-OH is 1. The van der Waals surface area contributed by atoms with Crippen molar-refractivity contribution in [2.45, 2.75) is 36.3 Å². The van der Waals surface area contributed by atoms with Crippen molar-refractivity contribution >= 4 is 17.9 Å². The van der Waals surface area contributed by atoms with Crippen LogP contribution in [0.25, 0.3) is 0 Å². The summed E-state index contributed by atoms with van der Waals surface area (Å²) in [7, 11) is 0. The van der Waals surface area contributed by atoms with Gasteiger partial charge in [0.1, 0.15) is 11.7 Å². The van der Waals surface area contributed by atoms with Crippen LogP contribution in [0.3, 0.4) is 0 Å². The van der Waals surface area contributed by atoms with Crippen LogP contribution < -0.4 is 0 Å². The first-order valence-corrected chi connectivity index (χ1v) is 17.9. The quantitative estimate of drug-likeness (QED) is 0.0781. The van der Waals surface area contributed by atoms with Crippen molar-refractivity contribution in [2.75, 3.05) is 6.61 Å². The molecule has 0 saturated carbocycles. The highest BCUT2D eigenvalue weighted by molar-refractivity contribution is 5.91. The van der Waals surface area contributed by atoms with Crippen LogP contribution in [0, 0.1) is 0 Å². The second kappa shape index (κ2) is 17.2. The summed E-state index contributed by atoms with van der Waals surface area (Å²) in [6.07, 6.45) is -7.70. The van der Waals surface area contributed by atoms with E-state index >= 15 is 0 Å². The Morgan fingerprint density at radius 3 is 1.13 bits per heavy atom. The normalized spacial score (nSPS) is 19.5. The monoisotopic (exact) mass is 734 g/mol. The number of rotatable bonds is 12. The molecule has 9 heteroatoms. The second-order valence-corrected chi connectivity index (χ2v) is 12.9. The summed E-state index contributed by atoms with van der Waals surface area (Å²) in [4.78, 5) is 41.0. The SMILES string of the molecule is O=C(O[C@@H]1[C@H](OC(=O)c2ccccc2)[C@@H](O)O[C@H](COC(c2ccccc2)(c2ccccc2)c2ccccc2)[C@H]1OC(=O)c1ccccc1)c1ccccc1. The summed E-state index contributed by atoms with van der Waals surface area (Å²) < 4.78 is 31.3. The first kappa shape index (κ1) is 36.9. The highest BCUT2D eigenvalue weighted by Crippen LogP contribution is 2.41. The molecule has 1 N–H and O–H groups in total. The molecule has 6 aromatic rings. The molecule has 0 aromatic heterocycles. The van der Waals surface area contributed by atoms with E-state index < -0.39 is 54.2 Å². The molecule has 0 bridgehead atoms. The summed E-state index contributed by atoms with van der Waals surface area (Å²) >= 11 is 0. The Kier molecular flexibility index (Phi) is 11.5. The predicted octanol–water partition coefficient (Wildman–Crippen LogP) is 7.39. The molecule has 0 spiro atoms. The largest absolute Gasteiger partial charge is 0.452 e. The van der Waals surface area contributed by atoms with Gasteiger partial charge in [-0.1, -0.05) is 146 Å². The zero-order valence-electron chi connectivity index (χ0n) is 29.6. The summed E-state index contributed by atoms with van der Waals surface area (Å²) in [5, 5.41) is 11.7. The van der Waals surface area contributed by atoms with E-state index in [-0.39, 0.29) is 23.3 Å². The van der Waals surface area contributed by atoms with Gasteiger partial charge in [-0.15, -0.1) is 0 Å². The van der Waals surface area contributed by atoms with Gasteiger partial charge in [-0.05, 0) is 53.1 Å². The van der Waals surface area contributed by atoms with E-state index in [1.54, 1.807) is 91.0 Å². The molecule has 5 atom stereocenters. The van der Waals surface area contributed by atoms with Crippen LogP contribution in [0.2, 0.25) is 0 Å². The van der Waals surface area contributed by atoms with Crippen LogP contribution in [0.15, 0.2) is 182 Å². The van der Waals surface area contributed by atoms with Gasteiger partial charge < -0.3 is 28.8 Å². The van der Waals surface area contributed by atoms with Gasteiger partial charge in [0.2, 0.25) is 0 Å². The maximum absolute atomic E-state index is 13.8. The van der Waals surface area contributed by atoms with Gasteiger partial charge >= 0.3 is 17.9 Å². The molecule has 0 amide bonds. The van der Waals surface area contributed by atoms with Gasteiger partial charge in [-0.3, -0.25) is 0 Å². The van der Waals surface area contributed by atoms with Crippen LogP contribution >= 0.6 is 0 Å². The van der Waals surface area contributed by atoms with Crippen LogP contribution in [-0.4, -0.2) is 60.3 Å². The van der Waals surface area contributed by atoms with E-state index in [0.717, 1.165) is 16.7 Å². The highest BCUT2D eigenvalue weighted by Gasteiger charge is 2.53. The molecule has 9 nitrogen and oxygen atoms in total. The molecule has 55 heavy (non-hydrogen) atoms. The first-order valence-electron chi connectivity index (χ1n) is 17.9. The van der Waals surface area contributed by atoms with Gasteiger partial charge in [0.15, 0.2) is 24.6 Å². The summed E-state index contributed by atoms with van der Waals surface area (Å²) in [5.74, 6) is -2.37. The number of carbonyl (C=O) groups is 3. The lowest BCUT2D eigenvalue weighted by atomic mass is 9.80. The molecule has 1 heterocycles. The number of hydrogen-bond acceptors (Lipinski definition) is 9. The Labute approximate surface area is 318 Å². The van der Waals surface area contributed by atoms with Crippen molar-refractivity contribution in [1.82, 2.24) is 0 Å². The van der Waals surface area contributed by atoms with Crippen LogP contribution in [0.4, 0.5) is 0 Å². The summed E-state index contributed by atoms with van der Waals surface area (Å²) in [5.41, 5.74) is 1.75. The number of esters is 3. The average molecular weight is 735 g/mol. The Bertz CT molecular complexity index is 2050. The molecule has 1 aliphatic heterocycles. The zero-order valence-corrected chi connectivity index (χ0v) is 29.6. The molecular weight excluding hydrogens is 696 g/mol. The maximum Gasteiger partial charge on any atom is 0.338 e. The van der Waals surface area contributed by atoms with E-state index in [9.17, 15) is 19.5 Å². The molecule has 6 aromatic carbocycles. The zero-order chi connectivity index (χ0) is 38.0. The third-order valence-corrected chi connectivity index (χ3v) is 9.37. The first-order chi connectivity index (χ1) is 26.9. The van der Waals surface area contributed by atoms with Gasteiger partial charge in [0.25, 0.3) is 0 Å². The molecular formula is C46H38O9. The van der Waals surface area contributed by atoms with Crippen molar-refractivity contribution in [3.8, 4) is 0 Å². The standard InChI is InChI=1S/C46H38O9/c47-42(32-19-7-1-8-20-32)53-39-38(31-51-46(35-25-13-4-14-26-35,36-27-15-5-16-28-36)37-29-17-6-18-30-37)52-45(50)41(55-44(49)34-23-11-3-12-24-34)40(39)54-43(48)33-21-9-2-10-22-33/h1-30,38-41,45,50H,31H2/t38-,39-,40+,41+,45+/m1/s1. The van der Waals surface area contributed by atoms with Gasteiger partial charge in [-0.2, -0.15) is 0 Å². The fourth-order valence-electron chi connectivity index (χ4n) is 6.70. The van der Waals surface area contributed by atoms with E-state index in [2.05, 4.69) is 0 Å². The minimum atomic E-state index is -1.83. The number of aliphatic hydroxyl groups is 1. The van der Waals surface area contributed by atoms with E-state index in [1.807, 2.05) is 91.0 Å². The fourth-order valence-corrected chi connectivity index (χ4v) is 6.70. The lowest BCUT2D eigenvalue weighted by molar-refractivity contribution is -0.289. The molecule has 276 valence electrons. The van der Waals surface area contributed by atoms with Crippen molar-refractivity contribution in [3.05, 3.63) is 215 Å². The van der Waals surface area contributed by atoms with E-state index in [4.69, 9.17) is 23.7 Å². The molecule has 0 radical (unpaired) electrons. The van der Waals surface area contributed by atoms with Crippen LogP contribution in [0.1, 0.15) is 47.8 Å². The lowest BCUT2D eigenvalue weighted by Crippen LogP contribution is -2.62. The molecule has 0 aliphatic carbocycles. The molecule has 1 aliphatic rings. The minimum absolute atomic E-state index is 0.185. The van der Waals surface area contributed by atoms with E-state index in [0.29, 0.717) is 0 Å². The summed E-state index contributed by atoms with van der Waals surface area (Å²) in [6, 6.07) is 53.5. The number of carbonyl (C=O) groups excluding carboxylic acids is 3.